The van der Waals surface area contributed by atoms with E-state index >= 15 is 0 Å². The molecule has 0 atom stereocenters. The van der Waals surface area contributed by atoms with Crippen LogP contribution in [0.3, 0.4) is 0 Å². The number of aromatic nitrogens is 1. The predicted molar refractivity (Wildman–Crippen MR) is 71.1 cm³/mol. The summed E-state index contributed by atoms with van der Waals surface area (Å²) in [5.74, 6) is 0. The third-order valence-corrected chi connectivity index (χ3v) is 3.68. The summed E-state index contributed by atoms with van der Waals surface area (Å²) in [6.45, 7) is 2.85. The van der Waals surface area contributed by atoms with E-state index in [1.807, 2.05) is 12.3 Å². The van der Waals surface area contributed by atoms with E-state index in [1.165, 1.54) is 31.6 Å². The van der Waals surface area contributed by atoms with Crippen molar-refractivity contribution in [3.63, 3.8) is 0 Å². The molecule has 0 aromatic carbocycles. The Hall–Kier alpha value is -1.13. The third-order valence-electron chi connectivity index (χ3n) is 3.68. The Morgan fingerprint density at radius 1 is 1.47 bits per heavy atom. The van der Waals surface area contributed by atoms with Crippen LogP contribution in [0.15, 0.2) is 18.3 Å². The van der Waals surface area contributed by atoms with Crippen LogP contribution in [0.2, 0.25) is 0 Å². The van der Waals surface area contributed by atoms with Crippen LogP contribution in [-0.4, -0.2) is 43.1 Å². The molecule has 0 unspecified atom stereocenters. The van der Waals surface area contributed by atoms with Gasteiger partial charge in [0.25, 0.3) is 0 Å². The van der Waals surface area contributed by atoms with Crippen LogP contribution in [0.25, 0.3) is 0 Å². The van der Waals surface area contributed by atoms with Crippen LogP contribution in [0, 0.1) is 0 Å². The summed E-state index contributed by atoms with van der Waals surface area (Å²) >= 11 is 0. The molecule has 1 aromatic heterocycles. The van der Waals surface area contributed by atoms with Crippen LogP contribution in [0.1, 0.15) is 18.5 Å². The summed E-state index contributed by atoms with van der Waals surface area (Å²) in [5, 5.41) is 0. The second-order valence-corrected chi connectivity index (χ2v) is 4.82. The van der Waals surface area contributed by atoms with Gasteiger partial charge in [-0.25, -0.2) is 0 Å². The van der Waals surface area contributed by atoms with Crippen LogP contribution >= 0.6 is 0 Å². The van der Waals surface area contributed by atoms with Crippen molar-refractivity contribution in [2.75, 3.05) is 32.1 Å². The number of piperidine rings is 1. The normalized spacial score (nSPS) is 18.3. The zero-order valence-corrected chi connectivity index (χ0v) is 10.8. The van der Waals surface area contributed by atoms with E-state index in [0.717, 1.165) is 5.69 Å². The van der Waals surface area contributed by atoms with Crippen molar-refractivity contribution >= 4 is 5.69 Å². The highest BCUT2D eigenvalue weighted by Gasteiger charge is 2.22. The molecule has 0 aliphatic carbocycles. The highest BCUT2D eigenvalue weighted by atomic mass is 15.2. The van der Waals surface area contributed by atoms with Crippen molar-refractivity contribution in [1.29, 1.82) is 0 Å². The van der Waals surface area contributed by atoms with Gasteiger partial charge in [-0.05, 0) is 45.1 Å². The molecule has 1 saturated heterocycles. The molecule has 1 aromatic rings. The van der Waals surface area contributed by atoms with Crippen LogP contribution in [-0.2, 0) is 6.54 Å². The minimum atomic E-state index is 0.507. The fraction of sp³-hybridized carbons (Fsp3) is 0.615. The first-order valence-corrected chi connectivity index (χ1v) is 6.27. The van der Waals surface area contributed by atoms with Gasteiger partial charge in [-0.3, -0.25) is 4.98 Å². The summed E-state index contributed by atoms with van der Waals surface area (Å²) < 4.78 is 0. The maximum atomic E-state index is 5.74. The average Bonchev–Trinajstić information content (AvgIpc) is 2.39. The van der Waals surface area contributed by atoms with E-state index in [4.69, 9.17) is 5.73 Å². The highest BCUT2D eigenvalue weighted by Crippen LogP contribution is 2.23. The summed E-state index contributed by atoms with van der Waals surface area (Å²) in [5.41, 5.74) is 7.92. The molecule has 1 aliphatic rings. The van der Waals surface area contributed by atoms with Gasteiger partial charge in [0.15, 0.2) is 0 Å². The van der Waals surface area contributed by atoms with E-state index in [0.29, 0.717) is 12.6 Å². The molecule has 4 nitrogen and oxygen atoms in total. The highest BCUT2D eigenvalue weighted by molar-refractivity contribution is 5.50. The number of anilines is 1. The lowest BCUT2D eigenvalue weighted by atomic mass is 10.0. The second-order valence-electron chi connectivity index (χ2n) is 4.82. The first kappa shape index (κ1) is 12.3. The van der Waals surface area contributed by atoms with Gasteiger partial charge in [-0.15, -0.1) is 0 Å². The summed E-state index contributed by atoms with van der Waals surface area (Å²) in [4.78, 5) is 9.09. The molecular formula is C13H22N4. The number of nitrogens with two attached hydrogens (primary N) is 1. The number of likely N-dealkylation sites (tertiary alicyclic amines) is 1. The molecule has 2 heterocycles. The Morgan fingerprint density at radius 3 is 2.82 bits per heavy atom. The van der Waals surface area contributed by atoms with Crippen molar-refractivity contribution in [2.24, 2.45) is 5.73 Å². The topological polar surface area (TPSA) is 45.4 Å². The molecule has 0 radical (unpaired) electrons. The Bertz CT molecular complexity index is 358. The quantitative estimate of drug-likeness (QED) is 0.850. The molecule has 0 bridgehead atoms. The monoisotopic (exact) mass is 234 g/mol. The zero-order valence-electron chi connectivity index (χ0n) is 10.8. The van der Waals surface area contributed by atoms with Gasteiger partial charge in [0, 0.05) is 25.8 Å². The first-order valence-electron chi connectivity index (χ1n) is 6.27. The molecule has 17 heavy (non-hydrogen) atoms. The smallest absolute Gasteiger partial charge is 0.0772 e. The lowest BCUT2D eigenvalue weighted by Crippen LogP contribution is -2.42. The standard InChI is InChI=1S/C13H22N4/c1-16-8-5-11(6-9-16)17(2)13-4-3-7-15-12(13)10-14/h3-4,7,11H,5-6,8-10,14H2,1-2H3. The van der Waals surface area contributed by atoms with Crippen LogP contribution < -0.4 is 10.6 Å². The number of hydrogen-bond acceptors (Lipinski definition) is 4. The fourth-order valence-electron chi connectivity index (χ4n) is 2.49. The Balaban J connectivity index is 2.10. The number of nitrogens with zero attached hydrogens (tertiary/aromatic N) is 3. The molecular weight excluding hydrogens is 212 g/mol. The van der Waals surface area contributed by atoms with Gasteiger partial charge in [0.2, 0.25) is 0 Å². The lowest BCUT2D eigenvalue weighted by Gasteiger charge is -2.36. The van der Waals surface area contributed by atoms with Gasteiger partial charge in [-0.2, -0.15) is 0 Å². The fourth-order valence-corrected chi connectivity index (χ4v) is 2.49. The molecule has 1 aliphatic heterocycles. The molecule has 0 saturated carbocycles. The van der Waals surface area contributed by atoms with Gasteiger partial charge in [0.05, 0.1) is 11.4 Å². The minimum Gasteiger partial charge on any atom is -0.370 e. The SMILES string of the molecule is CN1CCC(N(C)c2cccnc2CN)CC1. The maximum Gasteiger partial charge on any atom is 0.0772 e. The van der Waals surface area contributed by atoms with Crippen molar-refractivity contribution in [3.05, 3.63) is 24.0 Å². The Labute approximate surface area is 103 Å². The van der Waals surface area contributed by atoms with E-state index in [-0.39, 0.29) is 0 Å². The largest absolute Gasteiger partial charge is 0.370 e. The third kappa shape index (κ3) is 2.76. The summed E-state index contributed by atoms with van der Waals surface area (Å²) in [6.07, 6.45) is 4.24. The molecule has 0 spiro atoms. The molecule has 94 valence electrons. The van der Waals surface area contributed by atoms with Crippen molar-refractivity contribution in [1.82, 2.24) is 9.88 Å². The predicted octanol–water partition coefficient (Wildman–Crippen LogP) is 1.07. The molecule has 2 N–H and O–H groups in total. The van der Waals surface area contributed by atoms with Crippen LogP contribution in [0.5, 0.6) is 0 Å². The van der Waals surface area contributed by atoms with E-state index < -0.39 is 0 Å². The van der Waals surface area contributed by atoms with E-state index in [2.05, 4.69) is 34.9 Å². The first-order chi connectivity index (χ1) is 8.22. The Morgan fingerprint density at radius 2 is 2.18 bits per heavy atom. The summed E-state index contributed by atoms with van der Waals surface area (Å²) in [6, 6.07) is 4.72. The molecule has 4 heteroatoms. The summed E-state index contributed by atoms with van der Waals surface area (Å²) in [7, 11) is 4.35. The number of hydrogen-bond donors (Lipinski definition) is 1. The van der Waals surface area contributed by atoms with Crippen LogP contribution in [0.4, 0.5) is 5.69 Å². The maximum absolute atomic E-state index is 5.74. The van der Waals surface area contributed by atoms with Gasteiger partial charge in [-0.1, -0.05) is 0 Å². The Kier molecular flexibility index (Phi) is 3.97. The zero-order chi connectivity index (χ0) is 12.3. The molecule has 2 rings (SSSR count). The van der Waals surface area contributed by atoms with Crippen molar-refractivity contribution in [2.45, 2.75) is 25.4 Å². The van der Waals surface area contributed by atoms with E-state index in [9.17, 15) is 0 Å². The molecule has 0 amide bonds. The van der Waals surface area contributed by atoms with E-state index in [1.54, 1.807) is 0 Å². The lowest BCUT2D eigenvalue weighted by molar-refractivity contribution is 0.252. The van der Waals surface area contributed by atoms with Gasteiger partial charge < -0.3 is 15.5 Å². The van der Waals surface area contributed by atoms with Crippen molar-refractivity contribution < 1.29 is 0 Å². The average molecular weight is 234 g/mol. The number of rotatable bonds is 3. The van der Waals surface area contributed by atoms with Gasteiger partial charge >= 0.3 is 0 Å². The second kappa shape index (κ2) is 5.47. The number of pyridine rings is 1. The van der Waals surface area contributed by atoms with Crippen molar-refractivity contribution in [3.8, 4) is 0 Å². The molecule has 1 fully saturated rings. The minimum absolute atomic E-state index is 0.507. The van der Waals surface area contributed by atoms with Gasteiger partial charge in [0.1, 0.15) is 0 Å².